The fraction of sp³-hybridized carbons (Fsp3) is 0.579. The monoisotopic (exact) mass is 364 g/mol. The lowest BCUT2D eigenvalue weighted by molar-refractivity contribution is -0.863. The quantitative estimate of drug-likeness (QED) is 0.692. The first-order valence-electron chi connectivity index (χ1n) is 8.96. The molecule has 1 atom stereocenters. The molecule has 0 aliphatic carbocycles. The molecule has 0 fully saturated rings. The maximum absolute atomic E-state index is 12.6. The van der Waals surface area contributed by atoms with Gasteiger partial charge in [0.15, 0.2) is 24.6 Å². The molecular formula is C19H30N3O4+. The molecule has 0 bridgehead atoms. The number of hydrogen-bond acceptors (Lipinski definition) is 4. The van der Waals surface area contributed by atoms with Crippen LogP contribution < -0.4 is 19.7 Å². The summed E-state index contributed by atoms with van der Waals surface area (Å²) in [6.45, 7) is 5.67. The van der Waals surface area contributed by atoms with E-state index < -0.39 is 0 Å². The predicted molar refractivity (Wildman–Crippen MR) is 98.6 cm³/mol. The second-order valence-electron chi connectivity index (χ2n) is 7.07. The second-order valence-corrected chi connectivity index (χ2v) is 7.07. The third kappa shape index (κ3) is 5.11. The van der Waals surface area contributed by atoms with Crippen molar-refractivity contribution in [3.63, 3.8) is 0 Å². The summed E-state index contributed by atoms with van der Waals surface area (Å²) in [6, 6.07) is 4.04. The Bertz CT molecular complexity index is 660. The number of fused-ring (bicyclic) bond motifs is 1. The third-order valence-corrected chi connectivity index (χ3v) is 4.44. The van der Waals surface area contributed by atoms with Gasteiger partial charge in [-0.15, -0.1) is 0 Å². The molecule has 7 nitrogen and oxygen atoms in total. The van der Waals surface area contributed by atoms with Crippen molar-refractivity contribution in [1.29, 1.82) is 0 Å². The topological polar surface area (TPSA) is 72.3 Å². The summed E-state index contributed by atoms with van der Waals surface area (Å²) >= 11 is 0. The van der Waals surface area contributed by atoms with E-state index in [2.05, 4.69) is 5.32 Å². The number of methoxy groups -OCH3 is 2. The minimum Gasteiger partial charge on any atom is -0.493 e. The van der Waals surface area contributed by atoms with E-state index in [0.717, 1.165) is 16.9 Å². The molecule has 7 heteroatoms. The maximum Gasteiger partial charge on any atom is 0.278 e. The zero-order valence-corrected chi connectivity index (χ0v) is 16.3. The number of nitrogens with one attached hydrogen (secondary N) is 2. The Balaban J connectivity index is 1.97. The molecule has 0 radical (unpaired) electrons. The van der Waals surface area contributed by atoms with Crippen LogP contribution in [0.15, 0.2) is 12.1 Å². The normalized spacial score (nSPS) is 14.6. The van der Waals surface area contributed by atoms with Crippen LogP contribution in [0, 0.1) is 0 Å². The van der Waals surface area contributed by atoms with Crippen molar-refractivity contribution in [2.24, 2.45) is 0 Å². The van der Waals surface area contributed by atoms with Crippen molar-refractivity contribution in [1.82, 2.24) is 10.2 Å². The fourth-order valence-electron chi connectivity index (χ4n) is 3.18. The first kappa shape index (κ1) is 20.0. The minimum atomic E-state index is -0.0360. The standard InChI is InChI=1S/C19H29N3O4/c1-13(2)20-18(23)11-21(3)12-19(24)22-7-6-14-8-16(25-4)17(26-5)9-15(14)10-22/h8-9,13H,6-7,10-12H2,1-5H3,(H,20,23)/p+1. The molecule has 1 aromatic carbocycles. The molecule has 0 spiro atoms. The average molecular weight is 364 g/mol. The van der Waals surface area contributed by atoms with Crippen molar-refractivity contribution in [2.75, 3.05) is 40.9 Å². The molecular weight excluding hydrogens is 334 g/mol. The van der Waals surface area contributed by atoms with Crippen LogP contribution >= 0.6 is 0 Å². The van der Waals surface area contributed by atoms with Crippen LogP contribution in [0.1, 0.15) is 25.0 Å². The number of rotatable bonds is 7. The lowest BCUT2D eigenvalue weighted by atomic mass is 9.98. The van der Waals surface area contributed by atoms with Crippen LogP contribution in [0.5, 0.6) is 11.5 Å². The van der Waals surface area contributed by atoms with E-state index in [-0.39, 0.29) is 17.9 Å². The Morgan fingerprint density at radius 3 is 2.35 bits per heavy atom. The predicted octanol–water partition coefficient (Wildman–Crippen LogP) is -0.372. The van der Waals surface area contributed by atoms with Gasteiger partial charge in [-0.1, -0.05) is 0 Å². The largest absolute Gasteiger partial charge is 0.493 e. The number of carbonyl (C=O) groups excluding carboxylic acids is 2. The Morgan fingerprint density at radius 2 is 1.77 bits per heavy atom. The Morgan fingerprint density at radius 1 is 1.15 bits per heavy atom. The summed E-state index contributed by atoms with van der Waals surface area (Å²) in [7, 11) is 5.09. The molecule has 0 saturated carbocycles. The van der Waals surface area contributed by atoms with Crippen molar-refractivity contribution in [2.45, 2.75) is 32.9 Å². The van der Waals surface area contributed by atoms with E-state index >= 15 is 0 Å². The summed E-state index contributed by atoms with van der Waals surface area (Å²) in [5.41, 5.74) is 2.26. The number of hydrogen-bond donors (Lipinski definition) is 2. The number of likely N-dealkylation sites (N-methyl/N-ethyl adjacent to an activating group) is 1. The number of carbonyl (C=O) groups is 2. The summed E-state index contributed by atoms with van der Waals surface area (Å²) < 4.78 is 10.7. The van der Waals surface area contributed by atoms with E-state index in [0.29, 0.717) is 37.7 Å². The van der Waals surface area contributed by atoms with E-state index in [1.165, 1.54) is 5.56 Å². The van der Waals surface area contributed by atoms with Gasteiger partial charge in [0.1, 0.15) is 0 Å². The highest BCUT2D eigenvalue weighted by Crippen LogP contribution is 2.33. The smallest absolute Gasteiger partial charge is 0.278 e. The van der Waals surface area contributed by atoms with Gasteiger partial charge in [-0.05, 0) is 43.5 Å². The molecule has 0 aromatic heterocycles. The third-order valence-electron chi connectivity index (χ3n) is 4.44. The average Bonchev–Trinajstić information content (AvgIpc) is 2.58. The fourth-order valence-corrected chi connectivity index (χ4v) is 3.18. The number of amides is 2. The molecule has 144 valence electrons. The van der Waals surface area contributed by atoms with Gasteiger partial charge in [-0.25, -0.2) is 0 Å². The lowest BCUT2D eigenvalue weighted by Crippen LogP contribution is -3.11. The van der Waals surface area contributed by atoms with Crippen LogP contribution in [0.2, 0.25) is 0 Å². The highest BCUT2D eigenvalue weighted by Gasteiger charge is 2.25. The first-order chi connectivity index (χ1) is 12.3. The molecule has 26 heavy (non-hydrogen) atoms. The van der Waals surface area contributed by atoms with E-state index in [4.69, 9.17) is 9.47 Å². The number of nitrogens with zero attached hydrogens (tertiary/aromatic N) is 1. The van der Waals surface area contributed by atoms with Gasteiger partial charge in [0.25, 0.3) is 11.8 Å². The minimum absolute atomic E-state index is 0.0360. The molecule has 1 heterocycles. The maximum atomic E-state index is 12.6. The molecule has 0 saturated heterocycles. The Hall–Kier alpha value is -2.28. The Labute approximate surface area is 155 Å². The number of quaternary nitrogens is 1. The van der Waals surface area contributed by atoms with Gasteiger partial charge >= 0.3 is 0 Å². The first-order valence-corrected chi connectivity index (χ1v) is 8.96. The van der Waals surface area contributed by atoms with E-state index in [1.54, 1.807) is 14.2 Å². The van der Waals surface area contributed by atoms with Crippen LogP contribution in [0.25, 0.3) is 0 Å². The van der Waals surface area contributed by atoms with Crippen molar-refractivity contribution in [3.05, 3.63) is 23.3 Å². The second kappa shape index (κ2) is 8.89. The SMILES string of the molecule is COc1cc2c(cc1OC)CN(C(=O)C[NH+](C)CC(=O)NC(C)C)CC2. The van der Waals surface area contributed by atoms with E-state index in [9.17, 15) is 9.59 Å². The van der Waals surface area contributed by atoms with Crippen LogP contribution in [-0.4, -0.2) is 63.7 Å². The molecule has 1 aromatic rings. The van der Waals surface area contributed by atoms with Crippen molar-refractivity contribution in [3.8, 4) is 11.5 Å². The van der Waals surface area contributed by atoms with Gasteiger partial charge in [-0.3, -0.25) is 9.59 Å². The summed E-state index contributed by atoms with van der Waals surface area (Å²) in [4.78, 5) is 27.2. The summed E-state index contributed by atoms with van der Waals surface area (Å²) in [6.07, 6.45) is 0.786. The summed E-state index contributed by atoms with van der Waals surface area (Å²) in [5, 5.41) is 2.85. The van der Waals surface area contributed by atoms with Gasteiger partial charge < -0.3 is 24.6 Å². The van der Waals surface area contributed by atoms with Crippen LogP contribution in [0.4, 0.5) is 0 Å². The lowest BCUT2D eigenvalue weighted by Gasteiger charge is -2.30. The zero-order valence-electron chi connectivity index (χ0n) is 16.3. The van der Waals surface area contributed by atoms with Crippen molar-refractivity contribution >= 4 is 11.8 Å². The zero-order chi connectivity index (χ0) is 19.3. The molecule has 1 unspecified atom stereocenters. The Kier molecular flexibility index (Phi) is 6.85. The molecule has 2 rings (SSSR count). The molecule has 1 aliphatic heterocycles. The van der Waals surface area contributed by atoms with Gasteiger partial charge in [0, 0.05) is 19.1 Å². The number of ether oxygens (including phenoxy) is 2. The van der Waals surface area contributed by atoms with E-state index in [1.807, 2.05) is 37.9 Å². The number of benzene rings is 1. The van der Waals surface area contributed by atoms with Crippen molar-refractivity contribution < 1.29 is 24.0 Å². The van der Waals surface area contributed by atoms with Gasteiger partial charge in [0.05, 0.1) is 21.3 Å². The highest BCUT2D eigenvalue weighted by atomic mass is 16.5. The molecule has 2 N–H and O–H groups in total. The summed E-state index contributed by atoms with van der Waals surface area (Å²) in [5.74, 6) is 1.41. The van der Waals surface area contributed by atoms with Crippen LogP contribution in [-0.2, 0) is 22.6 Å². The highest BCUT2D eigenvalue weighted by molar-refractivity contribution is 5.79. The van der Waals surface area contributed by atoms with Gasteiger partial charge in [0.2, 0.25) is 0 Å². The molecule has 1 aliphatic rings. The molecule has 2 amide bonds. The van der Waals surface area contributed by atoms with Gasteiger partial charge in [-0.2, -0.15) is 0 Å². The van der Waals surface area contributed by atoms with Crippen LogP contribution in [0.3, 0.4) is 0 Å².